The molecule has 4 nitrogen and oxygen atoms in total. The first-order valence-electron chi connectivity index (χ1n) is 10.3. The maximum absolute atomic E-state index is 12.6. The van der Waals surface area contributed by atoms with E-state index in [4.69, 9.17) is 9.47 Å². The molecule has 0 unspecified atom stereocenters. The summed E-state index contributed by atoms with van der Waals surface area (Å²) in [6, 6.07) is 18.7. The highest BCUT2D eigenvalue weighted by Gasteiger charge is 2.27. The molecule has 0 fully saturated rings. The molecule has 0 aliphatic carbocycles. The lowest BCUT2D eigenvalue weighted by molar-refractivity contribution is -0.161. The van der Waals surface area contributed by atoms with Gasteiger partial charge in [-0.15, -0.1) is 0 Å². The molecule has 0 heterocycles. The Hall–Kier alpha value is -2.17. The summed E-state index contributed by atoms with van der Waals surface area (Å²) in [6.07, 6.45) is 1.89. The molecule has 0 saturated heterocycles. The van der Waals surface area contributed by atoms with Crippen LogP contribution in [0.15, 0.2) is 54.6 Å². The van der Waals surface area contributed by atoms with Crippen LogP contribution in [0.25, 0.3) is 11.1 Å². The van der Waals surface area contributed by atoms with Crippen LogP contribution in [0.3, 0.4) is 0 Å². The fourth-order valence-electron chi connectivity index (χ4n) is 3.40. The molecule has 0 spiro atoms. The second kappa shape index (κ2) is 11.1. The van der Waals surface area contributed by atoms with Crippen molar-refractivity contribution < 1.29 is 19.4 Å². The van der Waals surface area contributed by atoms with E-state index >= 15 is 0 Å². The van der Waals surface area contributed by atoms with Crippen molar-refractivity contribution in [3.63, 3.8) is 0 Å². The number of methoxy groups -OCH3 is 1. The first kappa shape index (κ1) is 23.1. The van der Waals surface area contributed by atoms with Crippen LogP contribution in [-0.2, 0) is 20.7 Å². The van der Waals surface area contributed by atoms with Crippen LogP contribution >= 0.6 is 0 Å². The van der Waals surface area contributed by atoms with Crippen LogP contribution in [-0.4, -0.2) is 37.0 Å². The third-order valence-corrected chi connectivity index (χ3v) is 4.87. The molecule has 2 rings (SSSR count). The number of benzene rings is 2. The van der Waals surface area contributed by atoms with Gasteiger partial charge < -0.3 is 14.6 Å². The summed E-state index contributed by atoms with van der Waals surface area (Å²) in [7, 11) is 1.63. The number of hydrogen-bond acceptors (Lipinski definition) is 4. The fourth-order valence-corrected chi connectivity index (χ4v) is 3.40. The number of ether oxygens (including phenoxy) is 2. The fraction of sp³-hybridized carbons (Fsp3) is 0.480. The van der Waals surface area contributed by atoms with E-state index in [-0.39, 0.29) is 24.4 Å². The van der Waals surface area contributed by atoms with Crippen LogP contribution in [0.1, 0.15) is 39.2 Å². The molecule has 0 aromatic heterocycles. The Morgan fingerprint density at radius 1 is 1.00 bits per heavy atom. The van der Waals surface area contributed by atoms with Crippen molar-refractivity contribution in [3.05, 3.63) is 60.2 Å². The molecule has 2 aromatic carbocycles. The average molecular weight is 399 g/mol. The Kier molecular flexibility index (Phi) is 8.87. The molecule has 0 saturated carbocycles. The molecule has 0 aliphatic rings. The molecule has 1 N–H and O–H groups in total. The van der Waals surface area contributed by atoms with Gasteiger partial charge >= 0.3 is 5.97 Å². The summed E-state index contributed by atoms with van der Waals surface area (Å²) in [5.74, 6) is -0.505. The highest BCUT2D eigenvalue weighted by Crippen LogP contribution is 2.25. The molecule has 0 radical (unpaired) electrons. The van der Waals surface area contributed by atoms with E-state index in [1.54, 1.807) is 7.11 Å². The maximum Gasteiger partial charge on any atom is 0.309 e. The summed E-state index contributed by atoms with van der Waals surface area (Å²) in [5.41, 5.74) is 2.98. The van der Waals surface area contributed by atoms with Crippen molar-refractivity contribution in [2.45, 2.75) is 45.6 Å². The molecule has 0 amide bonds. The number of aliphatic hydroxyl groups is 1. The number of rotatable bonds is 10. The van der Waals surface area contributed by atoms with Crippen molar-refractivity contribution in [1.82, 2.24) is 0 Å². The third kappa shape index (κ3) is 8.00. The molecule has 2 aromatic rings. The molecular weight excluding hydrogens is 364 g/mol. The largest absolute Gasteiger partial charge is 0.460 e. The van der Waals surface area contributed by atoms with E-state index in [9.17, 15) is 9.90 Å². The zero-order valence-electron chi connectivity index (χ0n) is 18.1. The topological polar surface area (TPSA) is 55.8 Å². The van der Waals surface area contributed by atoms with E-state index in [1.165, 1.54) is 11.1 Å². The Labute approximate surface area is 174 Å². The Morgan fingerprint density at radius 2 is 1.62 bits per heavy atom. The lowest BCUT2D eigenvalue weighted by Gasteiger charge is -2.26. The first-order chi connectivity index (χ1) is 13.8. The second-order valence-corrected chi connectivity index (χ2v) is 8.56. The van der Waals surface area contributed by atoms with Crippen molar-refractivity contribution in [2.24, 2.45) is 11.8 Å². The SMILES string of the molecule is COCC[C@H](C[C@H](CO)Cc1ccc(-c2ccccc2)cc1)C(=O)OC(C)(C)C. The summed E-state index contributed by atoms with van der Waals surface area (Å²) in [6.45, 7) is 6.14. The standard InChI is InChI=1S/C25H34O4/c1-25(2,3)29-24(27)23(14-15-28-4)17-20(18-26)16-19-10-12-22(13-11-19)21-8-6-5-7-9-21/h5-13,20,23,26H,14-18H2,1-4H3/t20-,23-/m1/s1. The number of esters is 1. The Bertz CT molecular complexity index is 732. The number of carbonyl (C=O) groups excluding carboxylic acids is 1. The maximum atomic E-state index is 12.6. The Morgan fingerprint density at radius 3 is 2.17 bits per heavy atom. The van der Waals surface area contributed by atoms with E-state index in [0.717, 1.165) is 12.0 Å². The Balaban J connectivity index is 2.03. The van der Waals surface area contributed by atoms with Gasteiger partial charge in [0.2, 0.25) is 0 Å². The molecule has 4 heteroatoms. The van der Waals surface area contributed by atoms with E-state index < -0.39 is 5.60 Å². The normalized spacial score (nSPS) is 13.7. The lowest BCUT2D eigenvalue weighted by Crippen LogP contribution is -2.31. The zero-order valence-corrected chi connectivity index (χ0v) is 18.1. The van der Waals surface area contributed by atoms with Crippen LogP contribution in [0.2, 0.25) is 0 Å². The van der Waals surface area contributed by atoms with Crippen LogP contribution in [0.4, 0.5) is 0 Å². The van der Waals surface area contributed by atoms with E-state index in [1.807, 2.05) is 39.0 Å². The molecule has 29 heavy (non-hydrogen) atoms. The summed E-state index contributed by atoms with van der Waals surface area (Å²) in [5, 5.41) is 9.93. The van der Waals surface area contributed by atoms with Gasteiger partial charge in [-0.05, 0) is 62.6 Å². The minimum absolute atomic E-state index is 0.00745. The zero-order chi connectivity index (χ0) is 21.3. The minimum atomic E-state index is -0.523. The van der Waals surface area contributed by atoms with Gasteiger partial charge in [-0.1, -0.05) is 54.6 Å². The van der Waals surface area contributed by atoms with Crippen molar-refractivity contribution >= 4 is 5.97 Å². The van der Waals surface area contributed by atoms with Crippen LogP contribution < -0.4 is 0 Å². The monoisotopic (exact) mass is 398 g/mol. The molecule has 0 aliphatic heterocycles. The molecule has 158 valence electrons. The van der Waals surface area contributed by atoms with Gasteiger partial charge in [-0.3, -0.25) is 4.79 Å². The third-order valence-electron chi connectivity index (χ3n) is 4.87. The highest BCUT2D eigenvalue weighted by atomic mass is 16.6. The van der Waals surface area contributed by atoms with Gasteiger partial charge in [0, 0.05) is 20.3 Å². The van der Waals surface area contributed by atoms with Crippen molar-refractivity contribution in [1.29, 1.82) is 0 Å². The van der Waals surface area contributed by atoms with Gasteiger partial charge in [0.25, 0.3) is 0 Å². The molecule has 2 atom stereocenters. The van der Waals surface area contributed by atoms with Crippen LogP contribution in [0.5, 0.6) is 0 Å². The van der Waals surface area contributed by atoms with Gasteiger partial charge in [0.1, 0.15) is 5.60 Å². The summed E-state index contributed by atoms with van der Waals surface area (Å²) < 4.78 is 10.8. The van der Waals surface area contributed by atoms with Crippen molar-refractivity contribution in [2.75, 3.05) is 20.3 Å². The summed E-state index contributed by atoms with van der Waals surface area (Å²) >= 11 is 0. The van der Waals surface area contributed by atoms with E-state index in [2.05, 4.69) is 36.4 Å². The number of aliphatic hydroxyl groups excluding tert-OH is 1. The average Bonchev–Trinajstić information content (AvgIpc) is 2.70. The predicted molar refractivity (Wildman–Crippen MR) is 117 cm³/mol. The van der Waals surface area contributed by atoms with Crippen molar-refractivity contribution in [3.8, 4) is 11.1 Å². The summed E-state index contributed by atoms with van der Waals surface area (Å²) in [4.78, 5) is 12.6. The van der Waals surface area contributed by atoms with Gasteiger partial charge in [0.15, 0.2) is 0 Å². The smallest absolute Gasteiger partial charge is 0.309 e. The van der Waals surface area contributed by atoms with Gasteiger partial charge in [0.05, 0.1) is 5.92 Å². The molecule has 0 bridgehead atoms. The predicted octanol–water partition coefficient (Wildman–Crippen LogP) is 4.89. The first-order valence-corrected chi connectivity index (χ1v) is 10.3. The minimum Gasteiger partial charge on any atom is -0.460 e. The van der Waals surface area contributed by atoms with Gasteiger partial charge in [-0.2, -0.15) is 0 Å². The van der Waals surface area contributed by atoms with E-state index in [0.29, 0.717) is 19.4 Å². The second-order valence-electron chi connectivity index (χ2n) is 8.56. The number of carbonyl (C=O) groups is 1. The quantitative estimate of drug-likeness (QED) is 0.579. The number of hydrogen-bond donors (Lipinski definition) is 1. The van der Waals surface area contributed by atoms with Gasteiger partial charge in [-0.25, -0.2) is 0 Å². The molecular formula is C25H34O4. The lowest BCUT2D eigenvalue weighted by atomic mass is 9.88. The highest BCUT2D eigenvalue weighted by molar-refractivity contribution is 5.73. The van der Waals surface area contributed by atoms with Crippen LogP contribution in [0, 0.1) is 11.8 Å².